The first-order valence-electron chi connectivity index (χ1n) is 7.85. The van der Waals surface area contributed by atoms with E-state index in [2.05, 4.69) is 0 Å². The van der Waals surface area contributed by atoms with Crippen LogP contribution in [0.1, 0.15) is 5.56 Å². The topological polar surface area (TPSA) is 0 Å². The molecule has 0 aliphatic carbocycles. The summed E-state index contributed by atoms with van der Waals surface area (Å²) in [5.41, 5.74) is -9.07. The summed E-state index contributed by atoms with van der Waals surface area (Å²) in [5.74, 6) is -29.4. The minimum Gasteiger partial charge on any atom is -0.206 e. The van der Waals surface area contributed by atoms with Gasteiger partial charge < -0.3 is 0 Å². The maximum absolute atomic E-state index is 15.0. The molecule has 0 radical (unpaired) electrons. The van der Waals surface area contributed by atoms with Crippen LogP contribution in [0.15, 0.2) is 6.07 Å². The van der Waals surface area contributed by atoms with Crippen LogP contribution in [0, 0.1) is 76.7 Å². The standard InChI is InChI=1S/C19H4F12/c1-3-9(21)6(4-2-5(20)12(24)16(28)11(4)23)13(25)7(10(3)22)8-14(26)17(29)19(31)18(30)15(8)27/h2H,1H3. The van der Waals surface area contributed by atoms with Crippen LogP contribution >= 0.6 is 0 Å². The number of hydrogen-bond acceptors (Lipinski definition) is 0. The SMILES string of the molecule is Cc1c(F)c(-c2cc(F)c(F)c(F)c2F)c(F)c(-c2c(F)c(F)c(F)c(F)c2F)c1F. The zero-order chi connectivity index (χ0) is 23.5. The molecule has 0 aliphatic rings. The largest absolute Gasteiger partial charge is 0.206 e. The zero-order valence-electron chi connectivity index (χ0n) is 14.6. The second-order valence-corrected chi connectivity index (χ2v) is 6.11. The Morgan fingerprint density at radius 2 is 0.774 bits per heavy atom. The van der Waals surface area contributed by atoms with Crippen molar-refractivity contribution in [1.82, 2.24) is 0 Å². The molecule has 0 atom stereocenters. The van der Waals surface area contributed by atoms with Crippen molar-refractivity contribution in [2.24, 2.45) is 0 Å². The lowest BCUT2D eigenvalue weighted by atomic mass is 9.92. The fraction of sp³-hybridized carbons (Fsp3) is 0.0526. The van der Waals surface area contributed by atoms with Crippen LogP contribution in [0.5, 0.6) is 0 Å². The molecule has 0 saturated carbocycles. The van der Waals surface area contributed by atoms with Gasteiger partial charge in [-0.2, -0.15) is 0 Å². The number of halogens is 12. The molecule has 3 aromatic rings. The Hall–Kier alpha value is -3.18. The quantitative estimate of drug-likeness (QED) is 0.220. The molecule has 3 rings (SSSR count). The lowest BCUT2D eigenvalue weighted by Gasteiger charge is -2.17. The Morgan fingerprint density at radius 1 is 0.387 bits per heavy atom. The number of rotatable bonds is 2. The second kappa shape index (κ2) is 7.50. The molecule has 164 valence electrons. The van der Waals surface area contributed by atoms with Crippen LogP contribution in [-0.2, 0) is 0 Å². The Morgan fingerprint density at radius 3 is 1.29 bits per heavy atom. The average Bonchev–Trinajstić information content (AvgIpc) is 2.73. The van der Waals surface area contributed by atoms with Gasteiger partial charge >= 0.3 is 0 Å². The van der Waals surface area contributed by atoms with E-state index in [1.807, 2.05) is 0 Å². The van der Waals surface area contributed by atoms with E-state index in [0.29, 0.717) is 6.92 Å². The van der Waals surface area contributed by atoms with E-state index in [4.69, 9.17) is 0 Å². The van der Waals surface area contributed by atoms with Crippen LogP contribution in [0.4, 0.5) is 52.7 Å². The van der Waals surface area contributed by atoms with Crippen molar-refractivity contribution in [2.45, 2.75) is 6.92 Å². The van der Waals surface area contributed by atoms with E-state index in [-0.39, 0.29) is 6.07 Å². The van der Waals surface area contributed by atoms with Crippen LogP contribution in [-0.4, -0.2) is 0 Å². The molecule has 31 heavy (non-hydrogen) atoms. The summed E-state index contributed by atoms with van der Waals surface area (Å²) in [7, 11) is 0. The number of benzene rings is 3. The highest BCUT2D eigenvalue weighted by Crippen LogP contribution is 2.42. The summed E-state index contributed by atoms with van der Waals surface area (Å²) < 4.78 is 167. The molecule has 0 bridgehead atoms. The van der Waals surface area contributed by atoms with E-state index in [9.17, 15) is 52.7 Å². The third-order valence-electron chi connectivity index (χ3n) is 4.37. The first kappa shape index (κ1) is 22.5. The molecule has 12 heteroatoms. The second-order valence-electron chi connectivity index (χ2n) is 6.11. The molecule has 0 aromatic heterocycles. The van der Waals surface area contributed by atoms with Crippen molar-refractivity contribution in [1.29, 1.82) is 0 Å². The highest BCUT2D eigenvalue weighted by molar-refractivity contribution is 5.77. The van der Waals surface area contributed by atoms with E-state index in [1.165, 1.54) is 0 Å². The summed E-state index contributed by atoms with van der Waals surface area (Å²) >= 11 is 0. The first-order valence-corrected chi connectivity index (χ1v) is 7.85. The predicted molar refractivity (Wildman–Crippen MR) is 81.5 cm³/mol. The molecule has 0 aliphatic heterocycles. The van der Waals surface area contributed by atoms with E-state index < -0.39 is 97.6 Å². The van der Waals surface area contributed by atoms with Gasteiger partial charge in [0.1, 0.15) is 17.5 Å². The molecule has 0 unspecified atom stereocenters. The van der Waals surface area contributed by atoms with Crippen molar-refractivity contribution in [3.63, 3.8) is 0 Å². The third-order valence-corrected chi connectivity index (χ3v) is 4.37. The van der Waals surface area contributed by atoms with Gasteiger partial charge in [-0.3, -0.25) is 0 Å². The van der Waals surface area contributed by atoms with Crippen molar-refractivity contribution in [2.75, 3.05) is 0 Å². The van der Waals surface area contributed by atoms with Crippen molar-refractivity contribution >= 4 is 0 Å². The van der Waals surface area contributed by atoms with Crippen molar-refractivity contribution in [3.05, 3.63) is 81.4 Å². The van der Waals surface area contributed by atoms with E-state index >= 15 is 0 Å². The molecule has 0 heterocycles. The van der Waals surface area contributed by atoms with E-state index in [1.54, 1.807) is 0 Å². The summed E-state index contributed by atoms with van der Waals surface area (Å²) in [5, 5.41) is 0. The lowest BCUT2D eigenvalue weighted by Crippen LogP contribution is -2.10. The van der Waals surface area contributed by atoms with Crippen LogP contribution in [0.3, 0.4) is 0 Å². The van der Waals surface area contributed by atoms with Crippen LogP contribution in [0.2, 0.25) is 0 Å². The normalized spacial score (nSPS) is 11.4. The summed E-state index contributed by atoms with van der Waals surface area (Å²) in [6, 6.07) is -0.241. The Bertz CT molecular complexity index is 1230. The number of hydrogen-bond donors (Lipinski definition) is 0. The molecule has 0 spiro atoms. The van der Waals surface area contributed by atoms with Gasteiger partial charge in [0.25, 0.3) is 0 Å². The predicted octanol–water partition coefficient (Wildman–Crippen LogP) is 7.00. The average molecular weight is 460 g/mol. The van der Waals surface area contributed by atoms with Gasteiger partial charge in [0.2, 0.25) is 5.82 Å². The molecule has 0 N–H and O–H groups in total. The molecule has 0 nitrogen and oxygen atoms in total. The fourth-order valence-corrected chi connectivity index (χ4v) is 2.82. The van der Waals surface area contributed by atoms with Gasteiger partial charge in [-0.25, -0.2) is 52.7 Å². The van der Waals surface area contributed by atoms with Gasteiger partial charge in [0, 0.05) is 11.1 Å². The van der Waals surface area contributed by atoms with Crippen LogP contribution in [0.25, 0.3) is 22.3 Å². The molecule has 0 saturated heterocycles. The smallest absolute Gasteiger partial charge is 0.200 e. The summed E-state index contributed by atoms with van der Waals surface area (Å²) in [4.78, 5) is 0. The summed E-state index contributed by atoms with van der Waals surface area (Å²) in [6.07, 6.45) is 0. The molecular weight excluding hydrogens is 456 g/mol. The maximum Gasteiger partial charge on any atom is 0.200 e. The van der Waals surface area contributed by atoms with Crippen molar-refractivity contribution in [3.8, 4) is 22.3 Å². The lowest BCUT2D eigenvalue weighted by molar-refractivity contribution is 0.380. The Kier molecular flexibility index (Phi) is 5.45. The molecule has 3 aromatic carbocycles. The van der Waals surface area contributed by atoms with Gasteiger partial charge in [-0.05, 0) is 13.0 Å². The van der Waals surface area contributed by atoms with Gasteiger partial charge in [0.15, 0.2) is 46.5 Å². The van der Waals surface area contributed by atoms with Gasteiger partial charge in [0.05, 0.1) is 16.7 Å². The zero-order valence-corrected chi connectivity index (χ0v) is 14.6. The molecule has 0 fully saturated rings. The Balaban J connectivity index is 2.54. The Labute approximate surface area is 164 Å². The highest BCUT2D eigenvalue weighted by Gasteiger charge is 2.34. The van der Waals surface area contributed by atoms with Gasteiger partial charge in [-0.15, -0.1) is 0 Å². The molecule has 0 amide bonds. The minimum atomic E-state index is -2.69. The summed E-state index contributed by atoms with van der Waals surface area (Å²) in [6.45, 7) is 0.497. The van der Waals surface area contributed by atoms with Crippen molar-refractivity contribution < 1.29 is 52.7 Å². The van der Waals surface area contributed by atoms with Crippen LogP contribution < -0.4 is 0 Å². The minimum absolute atomic E-state index is 0.241. The highest BCUT2D eigenvalue weighted by atomic mass is 19.2. The molecular formula is C19H4F12. The van der Waals surface area contributed by atoms with E-state index in [0.717, 1.165) is 0 Å². The van der Waals surface area contributed by atoms with Gasteiger partial charge in [-0.1, -0.05) is 0 Å². The fourth-order valence-electron chi connectivity index (χ4n) is 2.82. The monoisotopic (exact) mass is 460 g/mol. The third kappa shape index (κ3) is 3.12. The first-order chi connectivity index (χ1) is 14.3. The maximum atomic E-state index is 15.0.